The van der Waals surface area contributed by atoms with E-state index in [-0.39, 0.29) is 5.54 Å². The molecule has 2 atom stereocenters. The van der Waals surface area contributed by atoms with Gasteiger partial charge in [0, 0.05) is 17.6 Å². The summed E-state index contributed by atoms with van der Waals surface area (Å²) in [6, 6.07) is 1.05. The fourth-order valence-corrected chi connectivity index (χ4v) is 4.00. The van der Waals surface area contributed by atoms with Crippen molar-refractivity contribution in [3.63, 3.8) is 0 Å². The number of hydrogen-bond acceptors (Lipinski definition) is 3. The van der Waals surface area contributed by atoms with Crippen molar-refractivity contribution in [3.8, 4) is 0 Å². The zero-order valence-corrected chi connectivity index (χ0v) is 9.34. The fraction of sp³-hybridized carbons (Fsp3) is 1.00. The Bertz CT molecular complexity index is 248. The van der Waals surface area contributed by atoms with Crippen molar-refractivity contribution >= 4 is 0 Å². The van der Waals surface area contributed by atoms with Gasteiger partial charge in [0.05, 0.1) is 5.60 Å². The quantitative estimate of drug-likeness (QED) is 0.603. The van der Waals surface area contributed by atoms with E-state index in [2.05, 4.69) is 5.32 Å². The number of hydrogen-bond donors (Lipinski definition) is 3. The highest BCUT2D eigenvalue weighted by Crippen LogP contribution is 2.45. The van der Waals surface area contributed by atoms with Gasteiger partial charge in [-0.2, -0.15) is 0 Å². The van der Waals surface area contributed by atoms with E-state index in [4.69, 9.17) is 5.73 Å². The largest absolute Gasteiger partial charge is 0.388 e. The molecule has 0 radical (unpaired) electrons. The van der Waals surface area contributed by atoms with Crippen LogP contribution in [0.1, 0.15) is 51.4 Å². The van der Waals surface area contributed by atoms with E-state index in [0.29, 0.717) is 12.1 Å². The van der Waals surface area contributed by atoms with Crippen LogP contribution in [-0.4, -0.2) is 28.3 Å². The van der Waals surface area contributed by atoms with Gasteiger partial charge in [0.2, 0.25) is 0 Å². The molecule has 1 saturated carbocycles. The van der Waals surface area contributed by atoms with Gasteiger partial charge < -0.3 is 16.2 Å². The summed E-state index contributed by atoms with van der Waals surface area (Å²) < 4.78 is 0. The third-order valence-corrected chi connectivity index (χ3v) is 4.93. The van der Waals surface area contributed by atoms with E-state index in [9.17, 15) is 5.11 Å². The van der Waals surface area contributed by atoms with E-state index in [1.807, 2.05) is 0 Å². The van der Waals surface area contributed by atoms with Gasteiger partial charge in [-0.15, -0.1) is 0 Å². The van der Waals surface area contributed by atoms with Gasteiger partial charge in [-0.3, -0.25) is 0 Å². The molecule has 3 heteroatoms. The molecule has 3 rings (SSSR count). The van der Waals surface area contributed by atoms with Crippen LogP contribution in [0.5, 0.6) is 0 Å². The summed E-state index contributed by atoms with van der Waals surface area (Å²) in [5.74, 6) is 0. The van der Waals surface area contributed by atoms with E-state index in [0.717, 1.165) is 25.7 Å². The zero-order chi connectivity index (χ0) is 10.5. The van der Waals surface area contributed by atoms with Crippen molar-refractivity contribution in [3.05, 3.63) is 0 Å². The first-order valence-corrected chi connectivity index (χ1v) is 6.39. The van der Waals surface area contributed by atoms with Crippen molar-refractivity contribution in [2.24, 2.45) is 5.73 Å². The Morgan fingerprint density at radius 3 is 2.13 bits per heavy atom. The molecule has 0 spiro atoms. The van der Waals surface area contributed by atoms with Crippen LogP contribution in [0.4, 0.5) is 0 Å². The first-order valence-electron chi connectivity index (χ1n) is 6.39. The van der Waals surface area contributed by atoms with Crippen molar-refractivity contribution in [2.45, 2.75) is 74.6 Å². The minimum absolute atomic E-state index is 0.282. The number of nitrogens with two attached hydrogens (primary N) is 1. The smallest absolute Gasteiger partial charge is 0.0855 e. The zero-order valence-electron chi connectivity index (χ0n) is 9.34. The lowest BCUT2D eigenvalue weighted by molar-refractivity contribution is -0.0701. The summed E-state index contributed by atoms with van der Waals surface area (Å²) in [5, 5.41) is 14.4. The number of rotatable bonds is 1. The molecule has 0 aromatic rings. The molecule has 3 aliphatic rings. The number of aliphatic hydroxyl groups is 1. The molecule has 2 unspecified atom stereocenters. The third-order valence-electron chi connectivity index (χ3n) is 4.93. The lowest BCUT2D eigenvalue weighted by Crippen LogP contribution is -2.64. The van der Waals surface area contributed by atoms with Crippen LogP contribution in [-0.2, 0) is 0 Å². The monoisotopic (exact) mass is 210 g/mol. The maximum Gasteiger partial charge on any atom is 0.0855 e. The molecule has 2 saturated heterocycles. The molecular formula is C12H22N2O. The van der Waals surface area contributed by atoms with Crippen LogP contribution in [0.3, 0.4) is 0 Å². The highest BCUT2D eigenvalue weighted by molar-refractivity contribution is 5.13. The maximum absolute atomic E-state index is 10.8. The summed E-state index contributed by atoms with van der Waals surface area (Å²) in [7, 11) is 0. The summed E-state index contributed by atoms with van der Waals surface area (Å²) in [5.41, 5.74) is 5.58. The Balaban J connectivity index is 1.84. The number of fused-ring (bicyclic) bond motifs is 2. The fourth-order valence-electron chi connectivity index (χ4n) is 4.00. The summed E-state index contributed by atoms with van der Waals surface area (Å²) in [4.78, 5) is 0. The minimum atomic E-state index is -0.583. The summed E-state index contributed by atoms with van der Waals surface area (Å²) in [6.07, 6.45) is 8.63. The van der Waals surface area contributed by atoms with Crippen molar-refractivity contribution in [1.29, 1.82) is 0 Å². The molecule has 0 aromatic carbocycles. The second kappa shape index (κ2) is 3.19. The van der Waals surface area contributed by atoms with Gasteiger partial charge in [-0.25, -0.2) is 0 Å². The highest BCUT2D eigenvalue weighted by Gasteiger charge is 2.54. The molecule has 3 fully saturated rings. The van der Waals surface area contributed by atoms with Crippen LogP contribution >= 0.6 is 0 Å². The van der Waals surface area contributed by atoms with Crippen molar-refractivity contribution < 1.29 is 5.11 Å². The molecule has 2 heterocycles. The average molecular weight is 210 g/mol. The van der Waals surface area contributed by atoms with Gasteiger partial charge in [0.25, 0.3) is 0 Å². The van der Waals surface area contributed by atoms with Crippen LogP contribution < -0.4 is 11.1 Å². The van der Waals surface area contributed by atoms with Gasteiger partial charge >= 0.3 is 0 Å². The molecule has 86 valence electrons. The first-order chi connectivity index (χ1) is 7.11. The number of piperidine rings is 1. The first kappa shape index (κ1) is 10.1. The van der Waals surface area contributed by atoms with Crippen LogP contribution in [0.15, 0.2) is 0 Å². The molecule has 3 nitrogen and oxygen atoms in total. The molecule has 2 bridgehead atoms. The van der Waals surface area contributed by atoms with Crippen LogP contribution in [0.25, 0.3) is 0 Å². The topological polar surface area (TPSA) is 58.3 Å². The maximum atomic E-state index is 10.8. The Labute approximate surface area is 91.4 Å². The lowest BCUT2D eigenvalue weighted by atomic mass is 9.71. The van der Waals surface area contributed by atoms with Gasteiger partial charge in [-0.05, 0) is 38.5 Å². The van der Waals surface area contributed by atoms with Crippen molar-refractivity contribution in [2.75, 3.05) is 0 Å². The highest BCUT2D eigenvalue weighted by atomic mass is 16.3. The molecule has 0 aromatic heterocycles. The molecule has 1 aliphatic carbocycles. The minimum Gasteiger partial charge on any atom is -0.388 e. The predicted molar refractivity (Wildman–Crippen MR) is 59.5 cm³/mol. The Hall–Kier alpha value is -0.120. The van der Waals surface area contributed by atoms with Gasteiger partial charge in [0.1, 0.15) is 0 Å². The van der Waals surface area contributed by atoms with Crippen molar-refractivity contribution in [1.82, 2.24) is 5.32 Å². The normalized spacial score (nSPS) is 48.4. The van der Waals surface area contributed by atoms with Gasteiger partial charge in [0.15, 0.2) is 0 Å². The number of nitrogens with one attached hydrogen (secondary N) is 1. The molecule has 4 N–H and O–H groups in total. The van der Waals surface area contributed by atoms with E-state index >= 15 is 0 Å². The Morgan fingerprint density at radius 2 is 1.60 bits per heavy atom. The summed E-state index contributed by atoms with van der Waals surface area (Å²) >= 11 is 0. The second-order valence-corrected chi connectivity index (χ2v) is 5.94. The Morgan fingerprint density at radius 1 is 1.07 bits per heavy atom. The van der Waals surface area contributed by atoms with E-state index in [1.54, 1.807) is 0 Å². The van der Waals surface area contributed by atoms with Crippen LogP contribution in [0, 0.1) is 0 Å². The third kappa shape index (κ3) is 1.44. The summed E-state index contributed by atoms with van der Waals surface area (Å²) in [6.45, 7) is 0. The average Bonchev–Trinajstić information content (AvgIpc) is 2.75. The van der Waals surface area contributed by atoms with Gasteiger partial charge in [-0.1, -0.05) is 12.8 Å². The standard InChI is InChI=1S/C12H22N2O/c13-11(5-1-2-6-11)12(15)7-9-3-4-10(8-12)14-9/h9-10,14-15H,1-8,13H2. The molecule has 15 heavy (non-hydrogen) atoms. The SMILES string of the molecule is NC1(C2(O)CC3CCC(C2)N3)CCCC1. The molecular weight excluding hydrogens is 188 g/mol. The lowest BCUT2D eigenvalue weighted by Gasteiger charge is -2.47. The second-order valence-electron chi connectivity index (χ2n) is 5.94. The molecule has 2 aliphatic heterocycles. The van der Waals surface area contributed by atoms with E-state index in [1.165, 1.54) is 25.7 Å². The molecule has 0 amide bonds. The van der Waals surface area contributed by atoms with E-state index < -0.39 is 5.60 Å². The predicted octanol–water partition coefficient (Wildman–Crippen LogP) is 0.903. The van der Waals surface area contributed by atoms with Crippen LogP contribution in [0.2, 0.25) is 0 Å². The Kier molecular flexibility index (Phi) is 2.14.